The van der Waals surface area contributed by atoms with E-state index in [1.165, 1.54) is 6.07 Å². The molecule has 0 unspecified atom stereocenters. The highest BCUT2D eigenvalue weighted by Crippen LogP contribution is 2.16. The van der Waals surface area contributed by atoms with Crippen LogP contribution in [0, 0.1) is 6.92 Å². The van der Waals surface area contributed by atoms with E-state index in [2.05, 4.69) is 10.3 Å². The first-order chi connectivity index (χ1) is 8.58. The maximum absolute atomic E-state index is 11.5. The Morgan fingerprint density at radius 1 is 1.50 bits per heavy atom. The topological polar surface area (TPSA) is 82.5 Å². The molecule has 0 atom stereocenters. The molecule has 0 aromatic carbocycles. The smallest absolute Gasteiger partial charge is 0.337 e. The molecule has 2 N–H and O–H groups in total. The van der Waals surface area contributed by atoms with Crippen LogP contribution < -0.4 is 10.2 Å². The summed E-state index contributed by atoms with van der Waals surface area (Å²) in [6.45, 7) is 3.32. The van der Waals surface area contributed by atoms with E-state index in [0.29, 0.717) is 18.1 Å². The SMILES string of the molecule is Cc1nc(N2CCCNC(=O)C2)ccc1C(=O)O. The number of aromatic carboxylic acids is 1. The van der Waals surface area contributed by atoms with Crippen LogP contribution in [0.4, 0.5) is 5.82 Å². The number of aromatic nitrogens is 1. The van der Waals surface area contributed by atoms with Crippen LogP contribution in [0.3, 0.4) is 0 Å². The van der Waals surface area contributed by atoms with E-state index in [-0.39, 0.29) is 18.0 Å². The van der Waals surface area contributed by atoms with Gasteiger partial charge in [-0.25, -0.2) is 9.78 Å². The van der Waals surface area contributed by atoms with Crippen LogP contribution in [0.2, 0.25) is 0 Å². The number of nitrogens with one attached hydrogen (secondary N) is 1. The Morgan fingerprint density at radius 2 is 2.28 bits per heavy atom. The molecule has 1 aliphatic heterocycles. The molecule has 1 amide bonds. The summed E-state index contributed by atoms with van der Waals surface area (Å²) in [6.07, 6.45) is 0.854. The molecule has 1 saturated heterocycles. The zero-order valence-corrected chi connectivity index (χ0v) is 10.1. The number of anilines is 1. The maximum Gasteiger partial charge on any atom is 0.337 e. The van der Waals surface area contributed by atoms with E-state index in [9.17, 15) is 9.59 Å². The second kappa shape index (κ2) is 5.03. The highest BCUT2D eigenvalue weighted by atomic mass is 16.4. The molecule has 96 valence electrons. The van der Waals surface area contributed by atoms with Gasteiger partial charge in [-0.1, -0.05) is 0 Å². The maximum atomic E-state index is 11.5. The van der Waals surface area contributed by atoms with E-state index in [1.807, 2.05) is 4.90 Å². The van der Waals surface area contributed by atoms with Crippen molar-refractivity contribution in [1.82, 2.24) is 10.3 Å². The Hall–Kier alpha value is -2.11. The average molecular weight is 249 g/mol. The molecule has 0 bridgehead atoms. The van der Waals surface area contributed by atoms with E-state index in [0.717, 1.165) is 13.0 Å². The Labute approximate surface area is 105 Å². The second-order valence-electron chi connectivity index (χ2n) is 4.23. The second-order valence-corrected chi connectivity index (χ2v) is 4.23. The molecule has 1 aromatic rings. The van der Waals surface area contributed by atoms with Gasteiger partial charge in [0.25, 0.3) is 0 Å². The fourth-order valence-electron chi connectivity index (χ4n) is 1.95. The van der Waals surface area contributed by atoms with Crippen LogP contribution in [-0.4, -0.2) is 41.6 Å². The van der Waals surface area contributed by atoms with Crippen LogP contribution >= 0.6 is 0 Å². The van der Waals surface area contributed by atoms with Gasteiger partial charge in [0.1, 0.15) is 5.82 Å². The molecule has 0 spiro atoms. The van der Waals surface area contributed by atoms with E-state index < -0.39 is 5.97 Å². The van der Waals surface area contributed by atoms with Gasteiger partial charge < -0.3 is 15.3 Å². The molecule has 0 radical (unpaired) electrons. The van der Waals surface area contributed by atoms with E-state index in [1.54, 1.807) is 13.0 Å². The van der Waals surface area contributed by atoms with Gasteiger partial charge in [-0.05, 0) is 25.5 Å². The first-order valence-electron chi connectivity index (χ1n) is 5.80. The molecule has 1 fully saturated rings. The molecule has 6 nitrogen and oxygen atoms in total. The standard InChI is InChI=1S/C12H15N3O3/c1-8-9(12(17)18)3-4-10(14-8)15-6-2-5-13-11(16)7-15/h3-4H,2,5-7H2,1H3,(H,13,16)(H,17,18). The Morgan fingerprint density at radius 3 is 2.94 bits per heavy atom. The summed E-state index contributed by atoms with van der Waals surface area (Å²) in [4.78, 5) is 28.5. The molecular formula is C12H15N3O3. The van der Waals surface area contributed by atoms with Crippen molar-refractivity contribution in [2.75, 3.05) is 24.5 Å². The number of carboxylic acid groups (broad SMARTS) is 1. The highest BCUT2D eigenvalue weighted by Gasteiger charge is 2.17. The van der Waals surface area contributed by atoms with Crippen LogP contribution in [0.5, 0.6) is 0 Å². The molecule has 6 heteroatoms. The quantitative estimate of drug-likeness (QED) is 0.793. The lowest BCUT2D eigenvalue weighted by Crippen LogP contribution is -2.33. The lowest BCUT2D eigenvalue weighted by molar-refractivity contribution is -0.119. The number of amides is 1. The molecule has 2 heterocycles. The summed E-state index contributed by atoms with van der Waals surface area (Å²) in [5.74, 6) is -0.371. The minimum atomic E-state index is -0.986. The third kappa shape index (κ3) is 2.58. The van der Waals surface area contributed by atoms with Crippen LogP contribution in [-0.2, 0) is 4.79 Å². The number of hydrogen-bond acceptors (Lipinski definition) is 4. The highest BCUT2D eigenvalue weighted by molar-refractivity contribution is 5.89. The first-order valence-corrected chi connectivity index (χ1v) is 5.80. The summed E-state index contributed by atoms with van der Waals surface area (Å²) in [6, 6.07) is 3.18. The van der Waals surface area contributed by atoms with Crippen molar-refractivity contribution in [3.05, 3.63) is 23.4 Å². The molecule has 1 aliphatic rings. The zero-order chi connectivity index (χ0) is 13.1. The number of carboxylic acids is 1. The normalized spacial score (nSPS) is 16.1. The fraction of sp³-hybridized carbons (Fsp3) is 0.417. The summed E-state index contributed by atoms with van der Waals surface area (Å²) in [5, 5.41) is 11.7. The average Bonchev–Trinajstić information content (AvgIpc) is 2.53. The fourth-order valence-corrected chi connectivity index (χ4v) is 1.95. The summed E-state index contributed by atoms with van der Waals surface area (Å²) >= 11 is 0. The minimum Gasteiger partial charge on any atom is -0.478 e. The lowest BCUT2D eigenvalue weighted by Gasteiger charge is -2.20. The number of carbonyl (C=O) groups excluding carboxylic acids is 1. The predicted octanol–water partition coefficient (Wildman–Crippen LogP) is 0.415. The van der Waals surface area contributed by atoms with Crippen LogP contribution in [0.25, 0.3) is 0 Å². The molecule has 0 saturated carbocycles. The third-order valence-electron chi connectivity index (χ3n) is 2.89. The van der Waals surface area contributed by atoms with Crippen molar-refractivity contribution in [3.63, 3.8) is 0 Å². The number of hydrogen-bond donors (Lipinski definition) is 2. The number of rotatable bonds is 2. The summed E-state index contributed by atoms with van der Waals surface area (Å²) in [7, 11) is 0. The zero-order valence-electron chi connectivity index (χ0n) is 10.1. The molecule has 18 heavy (non-hydrogen) atoms. The molecular weight excluding hydrogens is 234 g/mol. The summed E-state index contributed by atoms with van der Waals surface area (Å²) < 4.78 is 0. The van der Waals surface area contributed by atoms with Gasteiger partial charge in [-0.2, -0.15) is 0 Å². The van der Waals surface area contributed by atoms with Crippen LogP contribution in [0.1, 0.15) is 22.5 Å². The third-order valence-corrected chi connectivity index (χ3v) is 2.89. The number of pyridine rings is 1. The number of aryl methyl sites for hydroxylation is 1. The van der Waals surface area contributed by atoms with Crippen molar-refractivity contribution in [3.8, 4) is 0 Å². The van der Waals surface area contributed by atoms with Gasteiger partial charge in [-0.15, -0.1) is 0 Å². The van der Waals surface area contributed by atoms with Crippen molar-refractivity contribution in [2.24, 2.45) is 0 Å². The van der Waals surface area contributed by atoms with E-state index >= 15 is 0 Å². The Bertz CT molecular complexity index is 487. The van der Waals surface area contributed by atoms with Crippen molar-refractivity contribution < 1.29 is 14.7 Å². The number of carbonyl (C=O) groups is 2. The van der Waals surface area contributed by atoms with E-state index in [4.69, 9.17) is 5.11 Å². The van der Waals surface area contributed by atoms with Gasteiger partial charge in [-0.3, -0.25) is 4.79 Å². The largest absolute Gasteiger partial charge is 0.478 e. The lowest BCUT2D eigenvalue weighted by atomic mass is 10.2. The van der Waals surface area contributed by atoms with Gasteiger partial charge in [0.15, 0.2) is 0 Å². The van der Waals surface area contributed by atoms with Crippen molar-refractivity contribution in [1.29, 1.82) is 0 Å². The Kier molecular flexibility index (Phi) is 3.45. The monoisotopic (exact) mass is 249 g/mol. The van der Waals surface area contributed by atoms with Crippen molar-refractivity contribution in [2.45, 2.75) is 13.3 Å². The first kappa shape index (κ1) is 12.3. The number of nitrogens with zero attached hydrogens (tertiary/aromatic N) is 2. The van der Waals surface area contributed by atoms with Gasteiger partial charge in [0, 0.05) is 13.1 Å². The summed E-state index contributed by atoms with van der Waals surface area (Å²) in [5.41, 5.74) is 0.655. The minimum absolute atomic E-state index is 0.0331. The van der Waals surface area contributed by atoms with Crippen molar-refractivity contribution >= 4 is 17.7 Å². The van der Waals surface area contributed by atoms with Gasteiger partial charge in [0.2, 0.25) is 5.91 Å². The van der Waals surface area contributed by atoms with Gasteiger partial charge in [0.05, 0.1) is 17.8 Å². The predicted molar refractivity (Wildman–Crippen MR) is 65.8 cm³/mol. The Balaban J connectivity index is 2.25. The van der Waals surface area contributed by atoms with Gasteiger partial charge >= 0.3 is 5.97 Å². The molecule has 0 aliphatic carbocycles. The molecule has 1 aromatic heterocycles. The van der Waals surface area contributed by atoms with Crippen LogP contribution in [0.15, 0.2) is 12.1 Å². The molecule has 2 rings (SSSR count).